The molecule has 6 heteroatoms. The molecule has 0 radical (unpaired) electrons. The van der Waals surface area contributed by atoms with Crippen molar-refractivity contribution in [3.63, 3.8) is 0 Å². The van der Waals surface area contributed by atoms with Gasteiger partial charge in [0, 0.05) is 18.0 Å². The molecule has 2 rings (SSSR count). The predicted octanol–water partition coefficient (Wildman–Crippen LogP) is 2.85. The van der Waals surface area contributed by atoms with Gasteiger partial charge in [-0.25, -0.2) is 4.39 Å². The summed E-state index contributed by atoms with van der Waals surface area (Å²) < 4.78 is 20.1. The van der Waals surface area contributed by atoms with E-state index in [1.165, 1.54) is 6.07 Å². The van der Waals surface area contributed by atoms with Crippen molar-refractivity contribution in [1.82, 2.24) is 5.43 Å². The molecule has 0 amide bonds. The average molecular weight is 357 g/mol. The first-order valence-electron chi connectivity index (χ1n) is 6.82. The van der Waals surface area contributed by atoms with Crippen LogP contribution in [0.3, 0.4) is 0 Å². The molecule has 4 nitrogen and oxygen atoms in total. The second kappa shape index (κ2) is 7.56. The van der Waals surface area contributed by atoms with E-state index in [9.17, 15) is 4.39 Å². The van der Waals surface area contributed by atoms with Gasteiger partial charge in [-0.05, 0) is 40.6 Å². The van der Waals surface area contributed by atoms with Crippen LogP contribution in [0.1, 0.15) is 18.9 Å². The molecule has 0 saturated carbocycles. The molecule has 114 valence electrons. The van der Waals surface area contributed by atoms with Crippen LogP contribution in [-0.4, -0.2) is 30.6 Å². The van der Waals surface area contributed by atoms with Gasteiger partial charge in [0.25, 0.3) is 0 Å². The highest BCUT2D eigenvalue weighted by Gasteiger charge is 2.20. The van der Waals surface area contributed by atoms with Gasteiger partial charge in [-0.3, -0.25) is 0 Å². The molecule has 0 aliphatic carbocycles. The molecule has 0 aromatic heterocycles. The summed E-state index contributed by atoms with van der Waals surface area (Å²) in [6.07, 6.45) is 4.16. The van der Waals surface area contributed by atoms with Gasteiger partial charge in [0.05, 0.1) is 16.8 Å². The van der Waals surface area contributed by atoms with Crippen LogP contribution in [0.25, 0.3) is 0 Å². The van der Waals surface area contributed by atoms with Crippen molar-refractivity contribution in [3.05, 3.63) is 40.1 Å². The van der Waals surface area contributed by atoms with Crippen molar-refractivity contribution in [2.75, 3.05) is 19.8 Å². The molecule has 0 saturated heterocycles. The van der Waals surface area contributed by atoms with Gasteiger partial charge >= 0.3 is 0 Å². The van der Waals surface area contributed by atoms with E-state index in [1.54, 1.807) is 12.2 Å². The van der Waals surface area contributed by atoms with Crippen LogP contribution in [-0.2, 0) is 0 Å². The second-order valence-corrected chi connectivity index (χ2v) is 5.68. The van der Waals surface area contributed by atoms with E-state index in [0.29, 0.717) is 4.47 Å². The third-order valence-electron chi connectivity index (χ3n) is 3.25. The lowest BCUT2D eigenvalue weighted by atomic mass is 9.94. The summed E-state index contributed by atoms with van der Waals surface area (Å²) in [5.74, 6) is 0.0208. The lowest BCUT2D eigenvalue weighted by molar-refractivity contribution is 0.328. The zero-order chi connectivity index (χ0) is 15.2. The highest BCUT2D eigenvalue weighted by atomic mass is 79.9. The molecule has 1 heterocycles. The zero-order valence-electron chi connectivity index (χ0n) is 11.8. The molecule has 1 aliphatic rings. The Hall–Kier alpha value is -1.40. The quantitative estimate of drug-likeness (QED) is 0.797. The first-order chi connectivity index (χ1) is 10.1. The van der Waals surface area contributed by atoms with Gasteiger partial charge in [-0.2, -0.15) is 5.10 Å². The summed E-state index contributed by atoms with van der Waals surface area (Å²) in [7, 11) is 0. The third-order valence-corrected chi connectivity index (χ3v) is 3.83. The number of rotatable bonds is 5. The lowest BCUT2D eigenvalue weighted by Crippen LogP contribution is -2.27. The van der Waals surface area contributed by atoms with Crippen LogP contribution < -0.4 is 10.2 Å². The van der Waals surface area contributed by atoms with Crippen molar-refractivity contribution < 1.29 is 14.2 Å². The fraction of sp³-hybridized carbons (Fsp3) is 0.400. The van der Waals surface area contributed by atoms with Crippen molar-refractivity contribution in [2.45, 2.75) is 13.3 Å². The SMILES string of the molecule is CC1CCNN=C1c1cc(F)c(OC/C=C\CO)c(Br)c1. The first kappa shape index (κ1) is 16.0. The molecule has 2 N–H and O–H groups in total. The summed E-state index contributed by atoms with van der Waals surface area (Å²) >= 11 is 3.34. The van der Waals surface area contributed by atoms with Crippen LogP contribution in [0.4, 0.5) is 4.39 Å². The molecular weight excluding hydrogens is 339 g/mol. The Labute approximate surface area is 131 Å². The smallest absolute Gasteiger partial charge is 0.169 e. The van der Waals surface area contributed by atoms with E-state index < -0.39 is 5.82 Å². The fourth-order valence-electron chi connectivity index (χ4n) is 2.14. The molecule has 1 aliphatic heterocycles. The maximum atomic E-state index is 14.2. The predicted molar refractivity (Wildman–Crippen MR) is 84.1 cm³/mol. The number of ether oxygens (including phenoxy) is 1. The van der Waals surface area contributed by atoms with E-state index in [0.717, 1.165) is 24.2 Å². The van der Waals surface area contributed by atoms with Gasteiger partial charge in [0.2, 0.25) is 0 Å². The fourth-order valence-corrected chi connectivity index (χ4v) is 2.69. The van der Waals surface area contributed by atoms with E-state index in [4.69, 9.17) is 9.84 Å². The Morgan fingerprint density at radius 1 is 1.52 bits per heavy atom. The van der Waals surface area contributed by atoms with Crippen molar-refractivity contribution in [1.29, 1.82) is 0 Å². The van der Waals surface area contributed by atoms with E-state index in [-0.39, 0.29) is 24.9 Å². The monoisotopic (exact) mass is 356 g/mol. The number of hydrogen-bond acceptors (Lipinski definition) is 4. The minimum absolute atomic E-state index is 0.0589. The zero-order valence-corrected chi connectivity index (χ0v) is 13.4. The van der Waals surface area contributed by atoms with Gasteiger partial charge in [-0.15, -0.1) is 0 Å². The molecule has 1 atom stereocenters. The average Bonchev–Trinajstić information content (AvgIpc) is 2.46. The lowest BCUT2D eigenvalue weighted by Gasteiger charge is -2.21. The number of nitrogens with zero attached hydrogens (tertiary/aromatic N) is 1. The highest BCUT2D eigenvalue weighted by molar-refractivity contribution is 9.10. The third kappa shape index (κ3) is 4.04. The number of benzene rings is 1. The normalized spacial score (nSPS) is 18.5. The van der Waals surface area contributed by atoms with E-state index >= 15 is 0 Å². The Balaban J connectivity index is 2.20. The van der Waals surface area contributed by atoms with Gasteiger partial charge in [-0.1, -0.05) is 13.0 Å². The largest absolute Gasteiger partial charge is 0.485 e. The Morgan fingerprint density at radius 2 is 2.33 bits per heavy atom. The van der Waals surface area contributed by atoms with Gasteiger partial charge in [0.15, 0.2) is 11.6 Å². The molecular formula is C15H18BrFN2O2. The summed E-state index contributed by atoms with van der Waals surface area (Å²) in [6, 6.07) is 3.26. The van der Waals surface area contributed by atoms with Crippen molar-refractivity contribution in [3.8, 4) is 5.75 Å². The Bertz CT molecular complexity index is 538. The number of halogens is 2. The molecule has 0 spiro atoms. The topological polar surface area (TPSA) is 53.9 Å². The summed E-state index contributed by atoms with van der Waals surface area (Å²) in [5, 5.41) is 12.9. The summed E-state index contributed by atoms with van der Waals surface area (Å²) in [5.41, 5.74) is 4.55. The summed E-state index contributed by atoms with van der Waals surface area (Å²) in [6.45, 7) is 3.06. The van der Waals surface area contributed by atoms with Gasteiger partial charge < -0.3 is 15.3 Å². The molecule has 0 bridgehead atoms. The number of aliphatic hydroxyl groups is 1. The maximum absolute atomic E-state index is 14.2. The summed E-state index contributed by atoms with van der Waals surface area (Å²) in [4.78, 5) is 0. The van der Waals surface area contributed by atoms with Crippen LogP contribution in [0.5, 0.6) is 5.75 Å². The van der Waals surface area contributed by atoms with E-state index in [1.807, 2.05) is 6.07 Å². The standard InChI is InChI=1S/C15H18BrFN2O2/c1-10-4-5-18-19-14(10)11-8-12(16)15(13(17)9-11)21-7-3-2-6-20/h2-3,8-10,18,20H,4-7H2,1H3/b3-2-. The van der Waals surface area contributed by atoms with Crippen LogP contribution in [0.15, 0.2) is 33.9 Å². The Morgan fingerprint density at radius 3 is 3.00 bits per heavy atom. The van der Waals surface area contributed by atoms with Crippen LogP contribution in [0.2, 0.25) is 0 Å². The minimum atomic E-state index is -0.433. The Kier molecular flexibility index (Phi) is 5.76. The van der Waals surface area contributed by atoms with Crippen molar-refractivity contribution >= 4 is 21.6 Å². The highest BCUT2D eigenvalue weighted by Crippen LogP contribution is 2.31. The second-order valence-electron chi connectivity index (χ2n) is 4.83. The number of hydrazone groups is 1. The molecule has 0 fully saturated rings. The maximum Gasteiger partial charge on any atom is 0.169 e. The first-order valence-corrected chi connectivity index (χ1v) is 7.61. The number of nitrogens with one attached hydrogen (secondary N) is 1. The van der Waals surface area contributed by atoms with Crippen LogP contribution >= 0.6 is 15.9 Å². The number of aliphatic hydroxyl groups excluding tert-OH is 1. The number of hydrogen-bond donors (Lipinski definition) is 2. The van der Waals surface area contributed by atoms with Crippen molar-refractivity contribution in [2.24, 2.45) is 11.0 Å². The minimum Gasteiger partial charge on any atom is -0.485 e. The molecule has 1 aromatic rings. The molecule has 1 aromatic carbocycles. The molecule has 1 unspecified atom stereocenters. The van der Waals surface area contributed by atoms with Gasteiger partial charge in [0.1, 0.15) is 6.61 Å². The van der Waals surface area contributed by atoms with E-state index in [2.05, 4.69) is 33.4 Å². The molecule has 21 heavy (non-hydrogen) atoms. The van der Waals surface area contributed by atoms with Crippen LogP contribution in [0, 0.1) is 11.7 Å².